The monoisotopic (exact) mass is 229 g/mol. The molecule has 0 bridgehead atoms. The van der Waals surface area contributed by atoms with E-state index in [0.717, 1.165) is 0 Å². The third kappa shape index (κ3) is 2.74. The maximum atomic E-state index is 11.5. The molecule has 14 heavy (non-hydrogen) atoms. The van der Waals surface area contributed by atoms with Crippen molar-refractivity contribution in [1.29, 1.82) is 0 Å². The normalized spacial score (nSPS) is 12.1. The Morgan fingerprint density at radius 2 is 2.57 bits per heavy atom. The van der Waals surface area contributed by atoms with Gasteiger partial charge in [-0.25, -0.2) is 0 Å². The van der Waals surface area contributed by atoms with Crippen LogP contribution in [0.15, 0.2) is 11.7 Å². The number of carbonyl (C=O) groups excluding carboxylic acids is 1. The first-order chi connectivity index (χ1) is 6.65. The van der Waals surface area contributed by atoms with Crippen molar-refractivity contribution in [3.8, 4) is 0 Å². The zero-order valence-corrected chi connectivity index (χ0v) is 9.32. The third-order valence-electron chi connectivity index (χ3n) is 1.71. The Labute approximate surface area is 91.5 Å². The van der Waals surface area contributed by atoms with E-state index in [1.807, 2.05) is 6.92 Å². The number of aromatic nitrogens is 1. The number of amides is 1. The molecule has 1 amide bonds. The molecule has 3 N–H and O–H groups in total. The summed E-state index contributed by atoms with van der Waals surface area (Å²) in [6.45, 7) is 1.91. The molecule has 0 spiro atoms. The molecule has 1 aromatic heterocycles. The number of nitrogens with one attached hydrogen (secondary N) is 1. The van der Waals surface area contributed by atoms with Crippen molar-refractivity contribution >= 4 is 34.5 Å². The van der Waals surface area contributed by atoms with Gasteiger partial charge < -0.3 is 11.1 Å². The van der Waals surface area contributed by atoms with Gasteiger partial charge in [0.05, 0.1) is 22.7 Å². The molecular formula is C8H11N3OS2. The Hall–Kier alpha value is -1.01. The van der Waals surface area contributed by atoms with Gasteiger partial charge in [-0.2, -0.15) is 0 Å². The number of nitrogens with two attached hydrogens (primary N) is 1. The minimum absolute atomic E-state index is 0.174. The van der Waals surface area contributed by atoms with Crippen molar-refractivity contribution < 1.29 is 4.79 Å². The fraction of sp³-hybridized carbons (Fsp3) is 0.375. The van der Waals surface area contributed by atoms with Crippen LogP contribution in [-0.4, -0.2) is 21.9 Å². The van der Waals surface area contributed by atoms with E-state index < -0.39 is 0 Å². The lowest BCUT2D eigenvalue weighted by atomic mass is 10.2. The molecule has 6 heteroatoms. The SMILES string of the molecule is CCC(NC(=O)c1cncs1)C(N)=S. The van der Waals surface area contributed by atoms with E-state index in [4.69, 9.17) is 18.0 Å². The van der Waals surface area contributed by atoms with Crippen LogP contribution >= 0.6 is 23.6 Å². The summed E-state index contributed by atoms with van der Waals surface area (Å²) in [7, 11) is 0. The molecular weight excluding hydrogens is 218 g/mol. The molecule has 1 rings (SSSR count). The highest BCUT2D eigenvalue weighted by Gasteiger charge is 2.14. The number of carbonyl (C=O) groups is 1. The van der Waals surface area contributed by atoms with E-state index >= 15 is 0 Å². The van der Waals surface area contributed by atoms with E-state index in [1.165, 1.54) is 17.5 Å². The number of nitrogens with zero attached hydrogens (tertiary/aromatic N) is 1. The molecule has 76 valence electrons. The summed E-state index contributed by atoms with van der Waals surface area (Å²) in [5, 5.41) is 2.73. The second kappa shape index (κ2) is 5.02. The fourth-order valence-electron chi connectivity index (χ4n) is 0.932. The molecule has 1 unspecified atom stereocenters. The Morgan fingerprint density at radius 3 is 3.00 bits per heavy atom. The van der Waals surface area contributed by atoms with Gasteiger partial charge in [0.25, 0.3) is 5.91 Å². The summed E-state index contributed by atoms with van der Waals surface area (Å²) in [6.07, 6.45) is 2.21. The van der Waals surface area contributed by atoms with E-state index in [9.17, 15) is 4.79 Å². The van der Waals surface area contributed by atoms with E-state index in [-0.39, 0.29) is 11.9 Å². The highest BCUT2D eigenvalue weighted by molar-refractivity contribution is 7.80. The Bertz CT molecular complexity index is 323. The van der Waals surface area contributed by atoms with Gasteiger partial charge >= 0.3 is 0 Å². The summed E-state index contributed by atoms with van der Waals surface area (Å²) < 4.78 is 0. The summed E-state index contributed by atoms with van der Waals surface area (Å²) in [4.78, 5) is 16.2. The minimum Gasteiger partial charge on any atom is -0.392 e. The van der Waals surface area contributed by atoms with Gasteiger partial charge in [0.15, 0.2) is 0 Å². The summed E-state index contributed by atoms with van der Waals surface area (Å²) >= 11 is 6.10. The molecule has 0 radical (unpaired) electrons. The Morgan fingerprint density at radius 1 is 1.86 bits per heavy atom. The van der Waals surface area contributed by atoms with Gasteiger partial charge in [-0.05, 0) is 6.42 Å². The lowest BCUT2D eigenvalue weighted by molar-refractivity contribution is 0.0950. The van der Waals surface area contributed by atoms with E-state index in [0.29, 0.717) is 16.3 Å². The van der Waals surface area contributed by atoms with Gasteiger partial charge in [0, 0.05) is 0 Å². The van der Waals surface area contributed by atoms with Crippen molar-refractivity contribution in [2.45, 2.75) is 19.4 Å². The van der Waals surface area contributed by atoms with Gasteiger partial charge in [0.2, 0.25) is 0 Å². The van der Waals surface area contributed by atoms with Crippen molar-refractivity contribution in [1.82, 2.24) is 10.3 Å². The average molecular weight is 229 g/mol. The molecule has 0 aromatic carbocycles. The van der Waals surface area contributed by atoms with Crippen LogP contribution in [-0.2, 0) is 0 Å². The highest BCUT2D eigenvalue weighted by Crippen LogP contribution is 2.05. The topological polar surface area (TPSA) is 68.0 Å². The molecule has 0 aliphatic heterocycles. The fourth-order valence-corrected chi connectivity index (χ4v) is 1.68. The zero-order valence-electron chi connectivity index (χ0n) is 7.69. The first-order valence-corrected chi connectivity index (χ1v) is 5.42. The van der Waals surface area contributed by atoms with Crippen LogP contribution < -0.4 is 11.1 Å². The largest absolute Gasteiger partial charge is 0.392 e. The van der Waals surface area contributed by atoms with Gasteiger partial charge in [-0.15, -0.1) is 11.3 Å². The number of thiazole rings is 1. The first-order valence-electron chi connectivity index (χ1n) is 4.13. The number of rotatable bonds is 4. The average Bonchev–Trinajstić information content (AvgIpc) is 2.65. The molecule has 1 aromatic rings. The quantitative estimate of drug-likeness (QED) is 0.754. The van der Waals surface area contributed by atoms with Crippen LogP contribution in [0.4, 0.5) is 0 Å². The Balaban J connectivity index is 2.60. The molecule has 1 atom stereocenters. The summed E-state index contributed by atoms with van der Waals surface area (Å²) in [6, 6.07) is -0.236. The van der Waals surface area contributed by atoms with Gasteiger partial charge in [0.1, 0.15) is 4.88 Å². The van der Waals surface area contributed by atoms with Crippen LogP contribution in [0.2, 0.25) is 0 Å². The van der Waals surface area contributed by atoms with Crippen LogP contribution in [0.25, 0.3) is 0 Å². The number of thiocarbonyl (C=S) groups is 1. The second-order valence-electron chi connectivity index (χ2n) is 2.70. The van der Waals surface area contributed by atoms with Crippen LogP contribution in [0.1, 0.15) is 23.0 Å². The predicted molar refractivity (Wildman–Crippen MR) is 60.4 cm³/mol. The van der Waals surface area contributed by atoms with Gasteiger partial charge in [-0.3, -0.25) is 9.78 Å². The smallest absolute Gasteiger partial charge is 0.263 e. The molecule has 0 saturated heterocycles. The first kappa shape index (κ1) is 11.1. The maximum absolute atomic E-state index is 11.5. The van der Waals surface area contributed by atoms with Gasteiger partial charge in [-0.1, -0.05) is 19.1 Å². The predicted octanol–water partition coefficient (Wildman–Crippen LogP) is 0.938. The number of hydrogen-bond donors (Lipinski definition) is 2. The molecule has 0 saturated carbocycles. The van der Waals surface area contributed by atoms with Crippen LogP contribution in [0.5, 0.6) is 0 Å². The van der Waals surface area contributed by atoms with E-state index in [1.54, 1.807) is 5.51 Å². The van der Waals surface area contributed by atoms with Crippen LogP contribution in [0, 0.1) is 0 Å². The third-order valence-corrected chi connectivity index (χ3v) is 2.77. The molecule has 0 aliphatic carbocycles. The summed E-state index contributed by atoms with van der Waals surface area (Å²) in [5.74, 6) is -0.174. The molecule has 4 nitrogen and oxygen atoms in total. The van der Waals surface area contributed by atoms with E-state index in [2.05, 4.69) is 10.3 Å². The van der Waals surface area contributed by atoms with Crippen molar-refractivity contribution in [3.63, 3.8) is 0 Å². The lowest BCUT2D eigenvalue weighted by Gasteiger charge is -2.14. The minimum atomic E-state index is -0.236. The molecule has 0 fully saturated rings. The second-order valence-corrected chi connectivity index (χ2v) is 4.06. The Kier molecular flexibility index (Phi) is 3.97. The highest BCUT2D eigenvalue weighted by atomic mass is 32.1. The van der Waals surface area contributed by atoms with Crippen molar-refractivity contribution in [2.24, 2.45) is 5.73 Å². The standard InChI is InChI=1S/C8H11N3OS2/c1-2-5(7(9)13)11-8(12)6-3-10-4-14-6/h3-5H,2H2,1H3,(H2,9,13)(H,11,12). The van der Waals surface area contributed by atoms with Crippen LogP contribution in [0.3, 0.4) is 0 Å². The summed E-state index contributed by atoms with van der Waals surface area (Å²) in [5.41, 5.74) is 7.06. The number of hydrogen-bond acceptors (Lipinski definition) is 4. The zero-order chi connectivity index (χ0) is 10.6. The van der Waals surface area contributed by atoms with Crippen molar-refractivity contribution in [3.05, 3.63) is 16.6 Å². The molecule has 0 aliphatic rings. The maximum Gasteiger partial charge on any atom is 0.263 e. The van der Waals surface area contributed by atoms with Crippen molar-refractivity contribution in [2.75, 3.05) is 0 Å². The lowest BCUT2D eigenvalue weighted by Crippen LogP contribution is -2.42. The molecule has 1 heterocycles.